The van der Waals surface area contributed by atoms with E-state index in [1.165, 1.54) is 21.9 Å². The Morgan fingerprint density at radius 2 is 1.86 bits per heavy atom. The van der Waals surface area contributed by atoms with Crippen LogP contribution >= 0.6 is 0 Å². The van der Waals surface area contributed by atoms with Gasteiger partial charge in [0.1, 0.15) is 5.76 Å². The predicted molar refractivity (Wildman–Crippen MR) is 90.4 cm³/mol. The molecule has 0 saturated heterocycles. The topological polar surface area (TPSA) is 18.5 Å². The van der Waals surface area contributed by atoms with Crippen LogP contribution in [-0.4, -0.2) is 6.10 Å². The first-order valence-corrected chi connectivity index (χ1v) is 7.83. The van der Waals surface area contributed by atoms with Crippen LogP contribution in [-0.2, 0) is 15.9 Å². The Balaban J connectivity index is 1.95. The van der Waals surface area contributed by atoms with Gasteiger partial charge in [-0.25, -0.2) is 0 Å². The summed E-state index contributed by atoms with van der Waals surface area (Å²) in [5.74, 6) is 1.60. The molecule has 1 aliphatic heterocycles. The molecule has 0 bridgehead atoms. The van der Waals surface area contributed by atoms with Gasteiger partial charge in [-0.1, -0.05) is 42.5 Å². The van der Waals surface area contributed by atoms with Crippen molar-refractivity contribution in [2.45, 2.75) is 39.7 Å². The largest absolute Gasteiger partial charge is 0.462 e. The van der Waals surface area contributed by atoms with Gasteiger partial charge in [-0.3, -0.25) is 0 Å². The molecule has 0 aliphatic carbocycles. The van der Waals surface area contributed by atoms with Crippen molar-refractivity contribution < 1.29 is 9.47 Å². The lowest BCUT2D eigenvalue weighted by Gasteiger charge is -2.22. The molecule has 0 unspecified atom stereocenters. The van der Waals surface area contributed by atoms with E-state index in [9.17, 15) is 0 Å². The lowest BCUT2D eigenvalue weighted by Crippen LogP contribution is -2.12. The van der Waals surface area contributed by atoms with Gasteiger partial charge in [0.05, 0.1) is 6.10 Å². The Hall–Kier alpha value is -2.22. The summed E-state index contributed by atoms with van der Waals surface area (Å²) in [5, 5.41) is 2.57. The van der Waals surface area contributed by atoms with Crippen LogP contribution in [0.4, 0.5) is 0 Å². The van der Waals surface area contributed by atoms with E-state index in [1.807, 2.05) is 20.8 Å². The smallest absolute Gasteiger partial charge is 0.284 e. The molecule has 1 heterocycles. The number of hydrogen-bond donors (Lipinski definition) is 0. The summed E-state index contributed by atoms with van der Waals surface area (Å²) in [6.07, 6.45) is 3.97. The maximum absolute atomic E-state index is 5.88. The molecule has 0 aromatic heterocycles. The minimum atomic E-state index is 0.114. The van der Waals surface area contributed by atoms with E-state index in [1.54, 1.807) is 0 Å². The van der Waals surface area contributed by atoms with Crippen LogP contribution in [0.3, 0.4) is 0 Å². The Labute approximate surface area is 132 Å². The highest BCUT2D eigenvalue weighted by atomic mass is 16.7. The van der Waals surface area contributed by atoms with E-state index in [0.717, 1.165) is 18.6 Å². The summed E-state index contributed by atoms with van der Waals surface area (Å²) in [6, 6.07) is 15.0. The zero-order chi connectivity index (χ0) is 15.5. The molecule has 0 amide bonds. The fourth-order valence-electron chi connectivity index (χ4n) is 2.75. The van der Waals surface area contributed by atoms with Crippen molar-refractivity contribution >= 4 is 10.8 Å². The molecule has 0 atom stereocenters. The zero-order valence-corrected chi connectivity index (χ0v) is 13.4. The third-order valence-electron chi connectivity index (χ3n) is 3.80. The fraction of sp³-hybridized carbons (Fsp3) is 0.300. The molecule has 0 fully saturated rings. The molecule has 3 rings (SSSR count). The first kappa shape index (κ1) is 14.7. The van der Waals surface area contributed by atoms with Gasteiger partial charge in [0.2, 0.25) is 0 Å². The van der Waals surface area contributed by atoms with E-state index >= 15 is 0 Å². The molecule has 0 saturated carbocycles. The van der Waals surface area contributed by atoms with E-state index in [4.69, 9.17) is 9.47 Å². The lowest BCUT2D eigenvalue weighted by molar-refractivity contribution is 0.0262. The minimum absolute atomic E-state index is 0.114. The third kappa shape index (κ3) is 3.16. The SMILES string of the molecule is CC1=CCC(Cc2cccc3ccccc23)=C(OC(C)C)O1. The monoisotopic (exact) mass is 294 g/mol. The van der Waals surface area contributed by atoms with Crippen LogP contribution < -0.4 is 0 Å². The molecule has 0 radical (unpaired) electrons. The van der Waals surface area contributed by atoms with E-state index < -0.39 is 0 Å². The van der Waals surface area contributed by atoms with Crippen molar-refractivity contribution in [1.29, 1.82) is 0 Å². The van der Waals surface area contributed by atoms with Crippen molar-refractivity contribution in [3.8, 4) is 0 Å². The molecular formula is C20H22O2. The molecule has 2 heteroatoms. The highest BCUT2D eigenvalue weighted by molar-refractivity contribution is 5.85. The number of fused-ring (bicyclic) bond motifs is 1. The normalized spacial score (nSPS) is 15.0. The van der Waals surface area contributed by atoms with E-state index in [-0.39, 0.29) is 6.10 Å². The summed E-state index contributed by atoms with van der Waals surface area (Å²) in [5.41, 5.74) is 2.52. The molecule has 1 aliphatic rings. The van der Waals surface area contributed by atoms with Crippen molar-refractivity contribution in [3.05, 3.63) is 71.4 Å². The Morgan fingerprint density at radius 1 is 1.09 bits per heavy atom. The molecule has 2 aromatic carbocycles. The molecule has 2 aromatic rings. The average molecular weight is 294 g/mol. The second-order valence-corrected chi connectivity index (χ2v) is 5.99. The predicted octanol–water partition coefficient (Wildman–Crippen LogP) is 5.34. The van der Waals surface area contributed by atoms with Crippen LogP contribution in [0.5, 0.6) is 0 Å². The van der Waals surface area contributed by atoms with Crippen molar-refractivity contribution in [1.82, 2.24) is 0 Å². The fourth-order valence-corrected chi connectivity index (χ4v) is 2.75. The summed E-state index contributed by atoms with van der Waals surface area (Å²) >= 11 is 0. The maximum Gasteiger partial charge on any atom is 0.284 e. The molecule has 0 spiro atoms. The van der Waals surface area contributed by atoms with Crippen molar-refractivity contribution in [2.75, 3.05) is 0 Å². The second-order valence-electron chi connectivity index (χ2n) is 5.99. The molecular weight excluding hydrogens is 272 g/mol. The Bertz CT molecular complexity index is 733. The Kier molecular flexibility index (Phi) is 4.19. The lowest BCUT2D eigenvalue weighted by atomic mass is 9.96. The Morgan fingerprint density at radius 3 is 2.68 bits per heavy atom. The van der Waals surface area contributed by atoms with Gasteiger partial charge < -0.3 is 9.47 Å². The third-order valence-corrected chi connectivity index (χ3v) is 3.80. The molecule has 22 heavy (non-hydrogen) atoms. The van der Waals surface area contributed by atoms with Gasteiger partial charge in [-0.2, -0.15) is 0 Å². The number of rotatable bonds is 4. The van der Waals surface area contributed by atoms with Crippen LogP contribution in [0.25, 0.3) is 10.8 Å². The van der Waals surface area contributed by atoms with Gasteiger partial charge in [-0.15, -0.1) is 0 Å². The first-order chi connectivity index (χ1) is 10.6. The highest BCUT2D eigenvalue weighted by Crippen LogP contribution is 2.29. The van der Waals surface area contributed by atoms with Gasteiger partial charge in [0, 0.05) is 12.0 Å². The van der Waals surface area contributed by atoms with Crippen LogP contribution in [0.2, 0.25) is 0 Å². The number of benzene rings is 2. The van der Waals surface area contributed by atoms with E-state index in [2.05, 4.69) is 48.5 Å². The average Bonchev–Trinajstić information content (AvgIpc) is 2.50. The number of ether oxygens (including phenoxy) is 2. The summed E-state index contributed by atoms with van der Waals surface area (Å²) < 4.78 is 11.7. The quantitative estimate of drug-likeness (QED) is 0.757. The van der Waals surface area contributed by atoms with Crippen molar-refractivity contribution in [3.63, 3.8) is 0 Å². The molecule has 2 nitrogen and oxygen atoms in total. The standard InChI is InChI=1S/C20H22O2/c1-14(2)21-20-18(12-11-15(3)22-20)13-17-9-6-8-16-7-4-5-10-19(16)17/h4-11,14H,12-13H2,1-3H3. The number of allylic oxidation sites excluding steroid dienone is 3. The maximum atomic E-state index is 5.88. The first-order valence-electron chi connectivity index (χ1n) is 7.83. The highest BCUT2D eigenvalue weighted by Gasteiger charge is 2.18. The minimum Gasteiger partial charge on any atom is -0.462 e. The van der Waals surface area contributed by atoms with Crippen LogP contribution in [0, 0.1) is 0 Å². The van der Waals surface area contributed by atoms with Crippen LogP contribution in [0.1, 0.15) is 32.8 Å². The van der Waals surface area contributed by atoms with Gasteiger partial charge in [0.25, 0.3) is 5.95 Å². The van der Waals surface area contributed by atoms with E-state index in [0.29, 0.717) is 5.95 Å². The van der Waals surface area contributed by atoms with Gasteiger partial charge >= 0.3 is 0 Å². The summed E-state index contributed by atoms with van der Waals surface area (Å²) in [7, 11) is 0. The number of hydrogen-bond acceptors (Lipinski definition) is 2. The zero-order valence-electron chi connectivity index (χ0n) is 13.4. The second kappa shape index (κ2) is 6.27. The van der Waals surface area contributed by atoms with Gasteiger partial charge in [-0.05, 0) is 49.6 Å². The summed E-state index contributed by atoms with van der Waals surface area (Å²) in [6.45, 7) is 6.03. The molecule has 114 valence electrons. The van der Waals surface area contributed by atoms with Crippen LogP contribution in [0.15, 0.2) is 65.8 Å². The van der Waals surface area contributed by atoms with Gasteiger partial charge in [0.15, 0.2) is 0 Å². The van der Waals surface area contributed by atoms with Crippen molar-refractivity contribution in [2.24, 2.45) is 0 Å². The summed E-state index contributed by atoms with van der Waals surface area (Å²) in [4.78, 5) is 0. The molecule has 0 N–H and O–H groups in total.